The third-order valence-corrected chi connectivity index (χ3v) is 2.61. The molecule has 16 heavy (non-hydrogen) atoms. The van der Waals surface area contributed by atoms with Gasteiger partial charge in [0.25, 0.3) is 5.91 Å². The van der Waals surface area contributed by atoms with Crippen LogP contribution in [0.25, 0.3) is 0 Å². The van der Waals surface area contributed by atoms with E-state index in [9.17, 15) is 9.18 Å². The number of halogens is 3. The van der Waals surface area contributed by atoms with Gasteiger partial charge in [-0.25, -0.2) is 4.39 Å². The molecule has 0 unspecified atom stereocenters. The van der Waals surface area contributed by atoms with E-state index in [4.69, 9.17) is 16.3 Å². The molecule has 0 aliphatic carbocycles. The van der Waals surface area contributed by atoms with Crippen molar-refractivity contribution in [1.29, 1.82) is 0 Å². The van der Waals surface area contributed by atoms with Crippen molar-refractivity contribution in [2.75, 3.05) is 20.7 Å². The molecule has 0 spiro atoms. The van der Waals surface area contributed by atoms with Gasteiger partial charge in [0.1, 0.15) is 0 Å². The lowest BCUT2D eigenvalue weighted by Crippen LogP contribution is -2.27. The van der Waals surface area contributed by atoms with Crippen molar-refractivity contribution in [3.8, 4) is 5.75 Å². The van der Waals surface area contributed by atoms with Crippen LogP contribution < -0.4 is 4.74 Å². The van der Waals surface area contributed by atoms with Gasteiger partial charge in [-0.05, 0) is 28.1 Å². The van der Waals surface area contributed by atoms with Gasteiger partial charge in [-0.15, -0.1) is 0 Å². The van der Waals surface area contributed by atoms with Gasteiger partial charge in [0.2, 0.25) is 0 Å². The van der Waals surface area contributed by atoms with E-state index in [1.165, 1.54) is 11.0 Å². The van der Waals surface area contributed by atoms with Crippen LogP contribution in [0.3, 0.4) is 0 Å². The fraction of sp³-hybridized carbons (Fsp3) is 0.300. The third-order valence-electron chi connectivity index (χ3n) is 1.80. The van der Waals surface area contributed by atoms with Crippen molar-refractivity contribution >= 4 is 33.4 Å². The zero-order chi connectivity index (χ0) is 12.3. The van der Waals surface area contributed by atoms with Crippen LogP contribution in [0.1, 0.15) is 0 Å². The quantitative estimate of drug-likeness (QED) is 0.859. The minimum Gasteiger partial charge on any atom is -0.479 e. The number of carbonyl (C=O) groups is 1. The maximum Gasteiger partial charge on any atom is 0.259 e. The van der Waals surface area contributed by atoms with Crippen molar-refractivity contribution in [2.45, 2.75) is 0 Å². The molecule has 1 amide bonds. The molecule has 1 aromatic carbocycles. The predicted octanol–water partition coefficient (Wildman–Crippen LogP) is 2.71. The van der Waals surface area contributed by atoms with Gasteiger partial charge in [-0.3, -0.25) is 4.79 Å². The van der Waals surface area contributed by atoms with Crippen LogP contribution >= 0.6 is 27.5 Å². The van der Waals surface area contributed by atoms with Crippen LogP contribution in [-0.4, -0.2) is 31.5 Å². The highest BCUT2D eigenvalue weighted by atomic mass is 79.9. The SMILES string of the molecule is CN(C)C(=O)COc1c(F)cc(Cl)cc1Br. The van der Waals surface area contributed by atoms with Gasteiger partial charge in [-0.2, -0.15) is 0 Å². The molecule has 0 aliphatic rings. The van der Waals surface area contributed by atoms with Crippen molar-refractivity contribution < 1.29 is 13.9 Å². The molecule has 0 radical (unpaired) electrons. The van der Waals surface area contributed by atoms with Gasteiger partial charge in [0.05, 0.1) is 4.47 Å². The van der Waals surface area contributed by atoms with Crippen LogP contribution in [0.5, 0.6) is 5.75 Å². The third kappa shape index (κ3) is 3.35. The molecule has 0 N–H and O–H groups in total. The smallest absolute Gasteiger partial charge is 0.259 e. The summed E-state index contributed by atoms with van der Waals surface area (Å²) in [5.41, 5.74) is 0. The lowest BCUT2D eigenvalue weighted by molar-refractivity contribution is -0.130. The van der Waals surface area contributed by atoms with Crippen LogP contribution in [-0.2, 0) is 4.79 Å². The number of hydrogen-bond donors (Lipinski definition) is 0. The van der Waals surface area contributed by atoms with Gasteiger partial charge in [0, 0.05) is 19.1 Å². The summed E-state index contributed by atoms with van der Waals surface area (Å²) in [6, 6.07) is 2.63. The van der Waals surface area contributed by atoms with E-state index in [0.717, 1.165) is 6.07 Å². The monoisotopic (exact) mass is 309 g/mol. The first kappa shape index (κ1) is 13.3. The average Bonchev–Trinajstić information content (AvgIpc) is 2.15. The average molecular weight is 311 g/mol. The van der Waals surface area contributed by atoms with Crippen molar-refractivity contribution in [3.05, 3.63) is 27.4 Å². The zero-order valence-corrected chi connectivity index (χ0v) is 11.1. The second-order valence-electron chi connectivity index (χ2n) is 3.28. The van der Waals surface area contributed by atoms with Crippen molar-refractivity contribution in [3.63, 3.8) is 0 Å². The molecular formula is C10H10BrClFNO2. The molecule has 0 saturated heterocycles. The summed E-state index contributed by atoms with van der Waals surface area (Å²) in [7, 11) is 3.19. The first-order chi connectivity index (χ1) is 7.41. The minimum atomic E-state index is -0.606. The number of hydrogen-bond acceptors (Lipinski definition) is 2. The number of nitrogens with zero attached hydrogens (tertiary/aromatic N) is 1. The molecule has 3 nitrogen and oxygen atoms in total. The second-order valence-corrected chi connectivity index (χ2v) is 4.57. The molecule has 6 heteroatoms. The Morgan fingerprint density at radius 1 is 1.56 bits per heavy atom. The number of benzene rings is 1. The molecule has 0 bridgehead atoms. The summed E-state index contributed by atoms with van der Waals surface area (Å²) in [6.07, 6.45) is 0. The highest BCUT2D eigenvalue weighted by Crippen LogP contribution is 2.31. The van der Waals surface area contributed by atoms with E-state index in [1.807, 2.05) is 0 Å². The summed E-state index contributed by atoms with van der Waals surface area (Å²) >= 11 is 8.75. The molecule has 1 aromatic rings. The first-order valence-electron chi connectivity index (χ1n) is 4.39. The van der Waals surface area contributed by atoms with E-state index in [2.05, 4.69) is 15.9 Å². The number of rotatable bonds is 3. The Balaban J connectivity index is 2.78. The Morgan fingerprint density at radius 3 is 2.69 bits per heavy atom. The van der Waals surface area contributed by atoms with E-state index in [1.54, 1.807) is 14.1 Å². The van der Waals surface area contributed by atoms with Crippen molar-refractivity contribution in [2.24, 2.45) is 0 Å². The topological polar surface area (TPSA) is 29.5 Å². The number of likely N-dealkylation sites (N-methyl/N-ethyl adjacent to an activating group) is 1. The Labute approximate surface area is 106 Å². The molecule has 0 atom stereocenters. The highest BCUT2D eigenvalue weighted by molar-refractivity contribution is 9.10. The molecule has 88 valence electrons. The molecule has 1 rings (SSSR count). The van der Waals surface area contributed by atoms with Crippen LogP contribution in [0.4, 0.5) is 4.39 Å². The van der Waals surface area contributed by atoms with Gasteiger partial charge in [-0.1, -0.05) is 11.6 Å². The zero-order valence-electron chi connectivity index (χ0n) is 8.76. The van der Waals surface area contributed by atoms with E-state index >= 15 is 0 Å². The summed E-state index contributed by atoms with van der Waals surface area (Å²) < 4.78 is 18.9. The Morgan fingerprint density at radius 2 is 2.19 bits per heavy atom. The molecule has 0 heterocycles. The first-order valence-corrected chi connectivity index (χ1v) is 5.56. The van der Waals surface area contributed by atoms with Gasteiger partial charge >= 0.3 is 0 Å². The molecule has 0 aromatic heterocycles. The van der Waals surface area contributed by atoms with Gasteiger partial charge < -0.3 is 9.64 Å². The predicted molar refractivity (Wildman–Crippen MR) is 63.3 cm³/mol. The summed E-state index contributed by atoms with van der Waals surface area (Å²) in [6.45, 7) is -0.218. The van der Waals surface area contributed by atoms with Crippen LogP contribution in [0.2, 0.25) is 5.02 Å². The molecule has 0 fully saturated rings. The molecule has 0 aliphatic heterocycles. The Bertz CT molecular complexity index is 389. The van der Waals surface area contributed by atoms with E-state index in [-0.39, 0.29) is 23.3 Å². The maximum atomic E-state index is 13.4. The summed E-state index contributed by atoms with van der Waals surface area (Å²) in [5.74, 6) is -0.869. The highest BCUT2D eigenvalue weighted by Gasteiger charge is 2.12. The number of ether oxygens (including phenoxy) is 1. The lowest BCUT2D eigenvalue weighted by atomic mass is 10.3. The fourth-order valence-electron chi connectivity index (χ4n) is 0.930. The van der Waals surface area contributed by atoms with Crippen molar-refractivity contribution in [1.82, 2.24) is 4.90 Å². The number of amides is 1. The standard InChI is InChI=1S/C10H10BrClFNO2/c1-14(2)9(15)5-16-10-7(11)3-6(12)4-8(10)13/h3-4H,5H2,1-2H3. The van der Waals surface area contributed by atoms with Crippen LogP contribution in [0.15, 0.2) is 16.6 Å². The molecule has 0 saturated carbocycles. The minimum absolute atomic E-state index is 0.0143. The molecular weight excluding hydrogens is 300 g/mol. The Kier molecular flexibility index (Phi) is 4.56. The second kappa shape index (κ2) is 5.50. The number of carbonyl (C=O) groups excluding carboxylic acids is 1. The Hall–Kier alpha value is -0.810. The lowest BCUT2D eigenvalue weighted by Gasteiger charge is -2.12. The van der Waals surface area contributed by atoms with E-state index < -0.39 is 5.82 Å². The largest absolute Gasteiger partial charge is 0.479 e. The maximum absolute atomic E-state index is 13.4. The summed E-state index contributed by atoms with van der Waals surface area (Å²) in [5, 5.41) is 0.260. The van der Waals surface area contributed by atoms with Gasteiger partial charge in [0.15, 0.2) is 18.2 Å². The summed E-state index contributed by atoms with van der Waals surface area (Å²) in [4.78, 5) is 12.6. The normalized spacial score (nSPS) is 10.1. The van der Waals surface area contributed by atoms with E-state index in [0.29, 0.717) is 4.47 Å². The fourth-order valence-corrected chi connectivity index (χ4v) is 1.82. The van der Waals surface area contributed by atoms with Crippen LogP contribution in [0, 0.1) is 5.82 Å².